The van der Waals surface area contributed by atoms with Gasteiger partial charge in [0.15, 0.2) is 0 Å². The number of halogens is 1. The zero-order chi connectivity index (χ0) is 17.0. The van der Waals surface area contributed by atoms with E-state index >= 15 is 0 Å². The molecule has 0 atom stereocenters. The molecule has 7 nitrogen and oxygen atoms in total. The van der Waals surface area contributed by atoms with Crippen LogP contribution in [0.25, 0.3) is 0 Å². The molecule has 1 aromatic rings. The molecule has 0 bridgehead atoms. The van der Waals surface area contributed by atoms with Gasteiger partial charge in [-0.3, -0.25) is 9.13 Å². The summed E-state index contributed by atoms with van der Waals surface area (Å²) >= 11 is 0.210. The summed E-state index contributed by atoms with van der Waals surface area (Å²) in [5.41, 5.74) is 0. The number of hydrogen-bond acceptors (Lipinski definition) is 4. The van der Waals surface area contributed by atoms with Crippen molar-refractivity contribution in [1.29, 1.82) is 0 Å². The van der Waals surface area contributed by atoms with Crippen LogP contribution in [0.4, 0.5) is 4.39 Å². The van der Waals surface area contributed by atoms with E-state index in [1.54, 1.807) is 0 Å². The average Bonchev–Trinajstić information content (AvgIpc) is 2.35. The maximum atomic E-state index is 13.3. The van der Waals surface area contributed by atoms with Crippen molar-refractivity contribution in [2.75, 3.05) is 6.61 Å². The first-order valence-corrected chi connectivity index (χ1v) is 10.5. The maximum absolute atomic E-state index is 13.3. The number of ether oxygens (including phenoxy) is 1. The van der Waals surface area contributed by atoms with Gasteiger partial charge < -0.3 is 24.3 Å². The second-order valence-corrected chi connectivity index (χ2v) is 10.1. The third kappa shape index (κ3) is 6.01. The van der Waals surface area contributed by atoms with Crippen LogP contribution in [-0.4, -0.2) is 30.9 Å². The molecule has 0 fully saturated rings. The molecule has 0 amide bonds. The zero-order valence-corrected chi connectivity index (χ0v) is 14.2. The minimum Gasteiger partial charge on any atom is -0.492 e. The third-order valence-electron chi connectivity index (χ3n) is 2.47. The van der Waals surface area contributed by atoms with E-state index in [9.17, 15) is 13.5 Å². The molecule has 0 unspecified atom stereocenters. The fourth-order valence-electron chi connectivity index (χ4n) is 1.47. The lowest BCUT2D eigenvalue weighted by Crippen LogP contribution is -2.06. The normalized spacial score (nSPS) is 12.7. The smallest absolute Gasteiger partial charge is 0.351 e. The molecule has 0 heterocycles. The van der Waals surface area contributed by atoms with E-state index in [1.165, 1.54) is 6.07 Å². The van der Waals surface area contributed by atoms with Gasteiger partial charge in [0.25, 0.3) is 0 Å². The summed E-state index contributed by atoms with van der Waals surface area (Å²) in [6.07, 6.45) is 1.55. The van der Waals surface area contributed by atoms with Crippen molar-refractivity contribution < 1.29 is 37.8 Å². The Morgan fingerprint density at radius 2 is 1.82 bits per heavy atom. The van der Waals surface area contributed by atoms with E-state index in [1.807, 2.05) is 6.92 Å². The van der Waals surface area contributed by atoms with E-state index in [4.69, 9.17) is 24.3 Å². The highest BCUT2D eigenvalue weighted by Gasteiger charge is 2.44. The molecule has 126 valence electrons. The molecule has 0 aliphatic heterocycles. The largest absolute Gasteiger partial charge is 0.492 e. The quantitative estimate of drug-likeness (QED) is 0.311. The average molecular weight is 374 g/mol. The van der Waals surface area contributed by atoms with Crippen LogP contribution in [0.3, 0.4) is 0 Å². The van der Waals surface area contributed by atoms with Gasteiger partial charge in [0.2, 0.25) is 4.73 Å². The Morgan fingerprint density at radius 3 is 2.32 bits per heavy atom. The Labute approximate surface area is 131 Å². The third-order valence-corrected chi connectivity index (χ3v) is 8.49. The zero-order valence-electron chi connectivity index (χ0n) is 11.6. The molecule has 0 saturated heterocycles. The van der Waals surface area contributed by atoms with Crippen molar-refractivity contribution in [3.63, 3.8) is 0 Å². The van der Waals surface area contributed by atoms with Gasteiger partial charge in [0.1, 0.15) is 11.6 Å². The Hall–Kier alpha value is -0.400. The van der Waals surface area contributed by atoms with Crippen LogP contribution >= 0.6 is 27.0 Å². The minimum atomic E-state index is -5.11. The topological polar surface area (TPSA) is 124 Å². The van der Waals surface area contributed by atoms with Crippen LogP contribution in [0.15, 0.2) is 23.1 Å². The molecule has 0 spiro atoms. The fourth-order valence-corrected chi connectivity index (χ4v) is 5.46. The standard InChI is InChI=1S/C11H17FO7P2S/c1-2-3-6-19-9-5-4-8(12)7-10(9)22-11(20(13,14)15)21(16,17)18/h4-5,7,11H,2-3,6H2,1H3,(H2,13,14,15)(H2,16,17,18). The van der Waals surface area contributed by atoms with Crippen molar-refractivity contribution in [3.05, 3.63) is 24.0 Å². The highest BCUT2D eigenvalue weighted by atomic mass is 32.2. The van der Waals surface area contributed by atoms with Gasteiger partial charge in [0.05, 0.1) is 11.5 Å². The Morgan fingerprint density at radius 1 is 1.23 bits per heavy atom. The van der Waals surface area contributed by atoms with Crippen LogP contribution in [0.1, 0.15) is 19.8 Å². The predicted molar refractivity (Wildman–Crippen MR) is 80.5 cm³/mol. The number of hydrogen-bond donors (Lipinski definition) is 4. The molecule has 1 aromatic carbocycles. The number of unbranched alkanes of at least 4 members (excludes halogenated alkanes) is 1. The molecule has 0 aliphatic rings. The van der Waals surface area contributed by atoms with Crippen LogP contribution < -0.4 is 4.74 Å². The minimum absolute atomic E-state index is 0.0762. The van der Waals surface area contributed by atoms with Crippen molar-refractivity contribution in [2.24, 2.45) is 0 Å². The second-order valence-electron chi connectivity index (χ2n) is 4.42. The van der Waals surface area contributed by atoms with E-state index in [0.717, 1.165) is 18.6 Å². The van der Waals surface area contributed by atoms with Crippen molar-refractivity contribution in [1.82, 2.24) is 0 Å². The van der Waals surface area contributed by atoms with Crippen LogP contribution in [0, 0.1) is 5.82 Å². The highest BCUT2D eigenvalue weighted by molar-refractivity contribution is 8.12. The first kappa shape index (κ1) is 19.6. The van der Waals surface area contributed by atoms with E-state index in [-0.39, 0.29) is 22.4 Å². The first-order chi connectivity index (χ1) is 10.1. The van der Waals surface area contributed by atoms with Gasteiger partial charge in [-0.25, -0.2) is 4.39 Å². The number of rotatable bonds is 8. The second kappa shape index (κ2) is 7.93. The lowest BCUT2D eigenvalue weighted by Gasteiger charge is -2.20. The van der Waals surface area contributed by atoms with E-state index in [0.29, 0.717) is 13.0 Å². The summed E-state index contributed by atoms with van der Waals surface area (Å²) < 4.78 is 38.9. The van der Waals surface area contributed by atoms with Crippen LogP contribution in [0.2, 0.25) is 0 Å². The predicted octanol–water partition coefficient (Wildman–Crippen LogP) is 2.74. The van der Waals surface area contributed by atoms with Crippen molar-refractivity contribution in [3.8, 4) is 5.75 Å². The Kier molecular flexibility index (Phi) is 7.08. The molecule has 0 radical (unpaired) electrons. The summed E-state index contributed by atoms with van der Waals surface area (Å²) in [6, 6.07) is 3.27. The van der Waals surface area contributed by atoms with Crippen molar-refractivity contribution >= 4 is 27.0 Å². The summed E-state index contributed by atoms with van der Waals surface area (Å²) in [5, 5.41) is 0. The molecule has 11 heteroatoms. The molecule has 0 aliphatic carbocycles. The summed E-state index contributed by atoms with van der Waals surface area (Å²) in [6.45, 7) is 2.23. The van der Waals surface area contributed by atoms with E-state index < -0.39 is 25.7 Å². The molecule has 4 N–H and O–H groups in total. The van der Waals surface area contributed by atoms with E-state index in [2.05, 4.69) is 0 Å². The summed E-state index contributed by atoms with van der Waals surface area (Å²) in [4.78, 5) is 36.4. The molecule has 0 aromatic heterocycles. The van der Waals surface area contributed by atoms with Crippen LogP contribution in [0.5, 0.6) is 5.75 Å². The highest BCUT2D eigenvalue weighted by Crippen LogP contribution is 2.66. The molecule has 22 heavy (non-hydrogen) atoms. The maximum Gasteiger partial charge on any atom is 0.351 e. The lowest BCUT2D eigenvalue weighted by molar-refractivity contribution is 0.302. The summed E-state index contributed by atoms with van der Waals surface area (Å²) in [5.74, 6) is -0.590. The van der Waals surface area contributed by atoms with Gasteiger partial charge in [-0.2, -0.15) is 0 Å². The number of thioether (sulfide) groups is 1. The van der Waals surface area contributed by atoms with Crippen LogP contribution in [-0.2, 0) is 9.13 Å². The summed E-state index contributed by atoms with van der Waals surface area (Å²) in [7, 11) is -10.2. The van der Waals surface area contributed by atoms with Gasteiger partial charge in [0, 0.05) is 0 Å². The molecule has 0 saturated carbocycles. The molecule has 1 rings (SSSR count). The first-order valence-electron chi connectivity index (χ1n) is 6.25. The lowest BCUT2D eigenvalue weighted by atomic mass is 10.3. The number of benzene rings is 1. The Balaban J connectivity index is 3.10. The van der Waals surface area contributed by atoms with Gasteiger partial charge in [-0.05, 0) is 24.6 Å². The fraction of sp³-hybridized carbons (Fsp3) is 0.455. The SMILES string of the molecule is CCCCOc1ccc(F)cc1SC(P(=O)(O)O)P(=O)(O)O. The Bertz CT molecular complexity index is 578. The van der Waals surface area contributed by atoms with Gasteiger partial charge in [-0.15, -0.1) is 0 Å². The molecular formula is C11H17FO7P2S. The monoisotopic (exact) mass is 374 g/mol. The van der Waals surface area contributed by atoms with Gasteiger partial charge in [-0.1, -0.05) is 25.1 Å². The van der Waals surface area contributed by atoms with Crippen molar-refractivity contribution in [2.45, 2.75) is 29.4 Å². The molecular weight excluding hydrogens is 357 g/mol. The van der Waals surface area contributed by atoms with Gasteiger partial charge >= 0.3 is 15.2 Å².